The second kappa shape index (κ2) is 5.93. The van der Waals surface area contributed by atoms with Gasteiger partial charge in [-0.15, -0.1) is 0 Å². The van der Waals surface area contributed by atoms with Crippen LogP contribution in [0.25, 0.3) is 0 Å². The second-order valence-corrected chi connectivity index (χ2v) is 4.55. The van der Waals surface area contributed by atoms with E-state index in [0.29, 0.717) is 11.6 Å². The Balaban J connectivity index is 2.24. The summed E-state index contributed by atoms with van der Waals surface area (Å²) in [6.45, 7) is 3.66. The number of aliphatic imine (C=N–C) groups is 1. The lowest BCUT2D eigenvalue weighted by Crippen LogP contribution is -2.36. The number of hydrogen-bond acceptors (Lipinski definition) is 3. The molecule has 1 aliphatic heterocycles. The van der Waals surface area contributed by atoms with Crippen LogP contribution in [0.3, 0.4) is 0 Å². The average molecular weight is 269 g/mol. The summed E-state index contributed by atoms with van der Waals surface area (Å²) in [7, 11) is 0. The maximum absolute atomic E-state index is 6.02. The highest BCUT2D eigenvalue weighted by molar-refractivity contribution is 6.30. The molecule has 6 heteroatoms. The molecule has 0 spiro atoms. The highest BCUT2D eigenvalue weighted by atomic mass is 35.5. The third-order valence-corrected chi connectivity index (χ3v) is 3.06. The second-order valence-electron chi connectivity index (χ2n) is 4.11. The van der Waals surface area contributed by atoms with Gasteiger partial charge in [-0.1, -0.05) is 11.6 Å². The van der Waals surface area contributed by atoms with Crippen molar-refractivity contribution in [2.75, 3.05) is 31.2 Å². The van der Waals surface area contributed by atoms with E-state index in [0.717, 1.165) is 37.6 Å². The molecule has 0 radical (unpaired) electrons. The normalized spacial score (nSPS) is 15.5. The van der Waals surface area contributed by atoms with E-state index >= 15 is 0 Å². The number of rotatable bonds is 3. The summed E-state index contributed by atoms with van der Waals surface area (Å²) in [6, 6.07) is 5.79. The van der Waals surface area contributed by atoms with Gasteiger partial charge in [0.2, 0.25) is 0 Å². The van der Waals surface area contributed by atoms with Gasteiger partial charge in [0.15, 0.2) is 5.96 Å². The maximum atomic E-state index is 6.02. The van der Waals surface area contributed by atoms with Crippen LogP contribution in [0.2, 0.25) is 5.02 Å². The molecule has 0 aromatic heterocycles. The molecule has 5 nitrogen and oxygen atoms in total. The Morgan fingerprint density at radius 1 is 1.33 bits per heavy atom. The van der Waals surface area contributed by atoms with Crippen molar-refractivity contribution < 1.29 is 4.74 Å². The number of nitrogens with two attached hydrogens (primary N) is 2. The van der Waals surface area contributed by atoms with E-state index in [2.05, 4.69) is 9.89 Å². The predicted octanol–water partition coefficient (Wildman–Crippen LogP) is 0.950. The van der Waals surface area contributed by atoms with Crippen molar-refractivity contribution in [1.29, 1.82) is 0 Å². The van der Waals surface area contributed by atoms with Crippen molar-refractivity contribution in [3.05, 3.63) is 28.8 Å². The molecule has 0 unspecified atom stereocenters. The van der Waals surface area contributed by atoms with Gasteiger partial charge in [-0.3, -0.25) is 0 Å². The third kappa shape index (κ3) is 3.27. The molecule has 1 aromatic rings. The van der Waals surface area contributed by atoms with Crippen molar-refractivity contribution in [2.24, 2.45) is 16.5 Å². The fourth-order valence-corrected chi connectivity index (χ4v) is 2.16. The van der Waals surface area contributed by atoms with Gasteiger partial charge in [-0.25, -0.2) is 4.99 Å². The molecule has 0 amide bonds. The lowest BCUT2D eigenvalue weighted by molar-refractivity contribution is 0.122. The molecular formula is C12H17ClN4O. The van der Waals surface area contributed by atoms with E-state index in [-0.39, 0.29) is 5.96 Å². The summed E-state index contributed by atoms with van der Waals surface area (Å²) in [5, 5.41) is 0.688. The number of halogens is 1. The van der Waals surface area contributed by atoms with E-state index < -0.39 is 0 Å². The Kier molecular flexibility index (Phi) is 4.28. The molecule has 1 aromatic carbocycles. The van der Waals surface area contributed by atoms with E-state index in [1.54, 1.807) is 0 Å². The fraction of sp³-hybridized carbons (Fsp3) is 0.417. The monoisotopic (exact) mass is 268 g/mol. The van der Waals surface area contributed by atoms with Crippen LogP contribution in [-0.2, 0) is 11.3 Å². The highest BCUT2D eigenvalue weighted by Gasteiger charge is 2.14. The molecule has 18 heavy (non-hydrogen) atoms. The van der Waals surface area contributed by atoms with E-state index in [9.17, 15) is 0 Å². The van der Waals surface area contributed by atoms with Crippen LogP contribution in [0.15, 0.2) is 23.2 Å². The standard InChI is InChI=1S/C12H17ClN4O/c13-10-1-2-11(17-3-5-18-6-4-17)9(7-10)8-16-12(14)15/h1-2,7H,3-6,8H2,(H4,14,15,16). The molecule has 1 aliphatic rings. The number of benzene rings is 1. The minimum Gasteiger partial charge on any atom is -0.378 e. The van der Waals surface area contributed by atoms with Crippen LogP contribution in [0, 0.1) is 0 Å². The first-order valence-corrected chi connectivity index (χ1v) is 6.21. The first-order chi connectivity index (χ1) is 8.66. The van der Waals surface area contributed by atoms with Gasteiger partial charge < -0.3 is 21.1 Å². The van der Waals surface area contributed by atoms with E-state index in [4.69, 9.17) is 27.8 Å². The van der Waals surface area contributed by atoms with Crippen molar-refractivity contribution in [3.8, 4) is 0 Å². The zero-order valence-electron chi connectivity index (χ0n) is 10.1. The van der Waals surface area contributed by atoms with Gasteiger partial charge in [0, 0.05) is 23.8 Å². The van der Waals surface area contributed by atoms with Gasteiger partial charge in [0.05, 0.1) is 19.8 Å². The Morgan fingerprint density at radius 3 is 2.72 bits per heavy atom. The van der Waals surface area contributed by atoms with Crippen LogP contribution < -0.4 is 16.4 Å². The minimum atomic E-state index is 0.0860. The molecule has 1 fully saturated rings. The van der Waals surface area contributed by atoms with Gasteiger partial charge in [-0.05, 0) is 23.8 Å². The zero-order chi connectivity index (χ0) is 13.0. The topological polar surface area (TPSA) is 76.9 Å². The molecule has 0 aliphatic carbocycles. The number of ether oxygens (including phenoxy) is 1. The SMILES string of the molecule is NC(N)=NCc1cc(Cl)ccc1N1CCOCC1. The maximum Gasteiger partial charge on any atom is 0.186 e. The Morgan fingerprint density at radius 2 is 2.06 bits per heavy atom. The molecule has 1 saturated heterocycles. The lowest BCUT2D eigenvalue weighted by atomic mass is 10.1. The Bertz CT molecular complexity index is 440. The minimum absolute atomic E-state index is 0.0860. The van der Waals surface area contributed by atoms with E-state index in [1.165, 1.54) is 0 Å². The summed E-state index contributed by atoms with van der Waals surface area (Å²) < 4.78 is 5.35. The summed E-state index contributed by atoms with van der Waals surface area (Å²) in [6.07, 6.45) is 0. The molecule has 98 valence electrons. The number of guanidine groups is 1. The number of nitrogens with zero attached hydrogens (tertiary/aromatic N) is 2. The van der Waals surface area contributed by atoms with Crippen molar-refractivity contribution in [1.82, 2.24) is 0 Å². The van der Waals surface area contributed by atoms with E-state index in [1.807, 2.05) is 18.2 Å². The van der Waals surface area contributed by atoms with Gasteiger partial charge in [-0.2, -0.15) is 0 Å². The molecule has 2 rings (SSSR count). The van der Waals surface area contributed by atoms with Gasteiger partial charge in [0.1, 0.15) is 0 Å². The average Bonchev–Trinajstić information content (AvgIpc) is 2.37. The first-order valence-electron chi connectivity index (χ1n) is 5.83. The van der Waals surface area contributed by atoms with Crippen LogP contribution in [0.4, 0.5) is 5.69 Å². The molecule has 0 atom stereocenters. The first kappa shape index (κ1) is 13.0. The summed E-state index contributed by atoms with van der Waals surface area (Å²) >= 11 is 6.02. The highest BCUT2D eigenvalue weighted by Crippen LogP contribution is 2.25. The molecule has 1 heterocycles. The number of anilines is 1. The molecule has 0 saturated carbocycles. The van der Waals surface area contributed by atoms with Crippen molar-refractivity contribution in [3.63, 3.8) is 0 Å². The quantitative estimate of drug-likeness (QED) is 0.632. The van der Waals surface area contributed by atoms with Crippen LogP contribution in [-0.4, -0.2) is 32.3 Å². The van der Waals surface area contributed by atoms with Crippen molar-refractivity contribution >= 4 is 23.2 Å². The smallest absolute Gasteiger partial charge is 0.186 e. The predicted molar refractivity (Wildman–Crippen MR) is 74.0 cm³/mol. The number of morpholine rings is 1. The Labute approximate surface area is 111 Å². The summed E-state index contributed by atoms with van der Waals surface area (Å²) in [5.74, 6) is 0.0860. The Hall–Kier alpha value is -1.46. The van der Waals surface area contributed by atoms with Crippen molar-refractivity contribution in [2.45, 2.75) is 6.54 Å². The molecule has 4 N–H and O–H groups in total. The fourth-order valence-electron chi connectivity index (χ4n) is 1.97. The summed E-state index contributed by atoms with van der Waals surface area (Å²) in [4.78, 5) is 6.31. The lowest BCUT2D eigenvalue weighted by Gasteiger charge is -2.30. The third-order valence-electron chi connectivity index (χ3n) is 2.83. The molecular weight excluding hydrogens is 252 g/mol. The molecule has 0 bridgehead atoms. The van der Waals surface area contributed by atoms with Crippen LogP contribution in [0.1, 0.15) is 5.56 Å². The largest absolute Gasteiger partial charge is 0.378 e. The summed E-state index contributed by atoms with van der Waals surface area (Å²) in [5.41, 5.74) is 12.9. The van der Waals surface area contributed by atoms with Gasteiger partial charge >= 0.3 is 0 Å². The van der Waals surface area contributed by atoms with Crippen LogP contribution in [0.5, 0.6) is 0 Å². The number of hydrogen-bond donors (Lipinski definition) is 2. The van der Waals surface area contributed by atoms with Gasteiger partial charge in [0.25, 0.3) is 0 Å². The zero-order valence-corrected chi connectivity index (χ0v) is 10.9. The van der Waals surface area contributed by atoms with Crippen LogP contribution >= 0.6 is 11.6 Å².